The lowest BCUT2D eigenvalue weighted by molar-refractivity contribution is 0.784. The monoisotopic (exact) mass is 293 g/mol. The molecule has 3 nitrogen and oxygen atoms in total. The zero-order valence-corrected chi connectivity index (χ0v) is 12.2. The molecule has 0 aliphatic heterocycles. The van der Waals surface area contributed by atoms with Crippen LogP contribution in [0.1, 0.15) is 22.4 Å². The predicted molar refractivity (Wildman–Crippen MR) is 78.6 cm³/mol. The highest BCUT2D eigenvalue weighted by atomic mass is 35.5. The highest BCUT2D eigenvalue weighted by Gasteiger charge is 2.15. The minimum Gasteiger partial charge on any atom is -0.384 e. The first-order valence-corrected chi connectivity index (χ1v) is 6.50. The van der Waals surface area contributed by atoms with Crippen LogP contribution in [-0.4, -0.2) is 4.57 Å². The lowest BCUT2D eigenvalue weighted by Gasteiger charge is -2.11. The van der Waals surface area contributed by atoms with Crippen LogP contribution >= 0.6 is 23.2 Å². The van der Waals surface area contributed by atoms with E-state index in [1.54, 1.807) is 12.1 Å². The fraction of sp³-hybridized carbons (Fsp3) is 0.214. The molecule has 1 aromatic heterocycles. The molecule has 1 heterocycles. The van der Waals surface area contributed by atoms with E-state index in [1.165, 1.54) is 0 Å². The molecule has 0 amide bonds. The molecule has 0 aliphatic carbocycles. The maximum atomic E-state index is 9.11. The molecule has 0 atom stereocenters. The number of rotatable bonds is 2. The van der Waals surface area contributed by atoms with Gasteiger partial charge in [-0.25, -0.2) is 0 Å². The van der Waals surface area contributed by atoms with Crippen molar-refractivity contribution in [2.45, 2.75) is 20.4 Å². The van der Waals surface area contributed by atoms with Crippen molar-refractivity contribution >= 4 is 29.0 Å². The van der Waals surface area contributed by atoms with Gasteiger partial charge in [-0.15, -0.1) is 0 Å². The Morgan fingerprint density at radius 3 is 2.53 bits per heavy atom. The number of hydrogen-bond acceptors (Lipinski definition) is 2. The van der Waals surface area contributed by atoms with Crippen molar-refractivity contribution in [1.29, 1.82) is 5.26 Å². The van der Waals surface area contributed by atoms with Gasteiger partial charge in [-0.3, -0.25) is 0 Å². The quantitative estimate of drug-likeness (QED) is 0.912. The van der Waals surface area contributed by atoms with Gasteiger partial charge in [0, 0.05) is 15.7 Å². The molecule has 0 saturated heterocycles. The average Bonchev–Trinajstić information content (AvgIpc) is 2.56. The first-order valence-electron chi connectivity index (χ1n) is 5.75. The normalized spacial score (nSPS) is 10.5. The molecule has 5 heteroatoms. The molecular formula is C14H13Cl2N3. The minimum absolute atomic E-state index is 0.475. The SMILES string of the molecule is Cc1c(C#N)c(N)n(Cc2ccc(Cl)cc2Cl)c1C. The van der Waals surface area contributed by atoms with Crippen LogP contribution in [0, 0.1) is 25.2 Å². The number of benzene rings is 1. The van der Waals surface area contributed by atoms with Crippen LogP contribution in [0.15, 0.2) is 18.2 Å². The second-order valence-corrected chi connectivity index (χ2v) is 5.25. The van der Waals surface area contributed by atoms with Gasteiger partial charge in [0.05, 0.1) is 12.1 Å². The van der Waals surface area contributed by atoms with Crippen molar-refractivity contribution in [3.63, 3.8) is 0 Å². The summed E-state index contributed by atoms with van der Waals surface area (Å²) in [5, 5.41) is 10.3. The molecule has 19 heavy (non-hydrogen) atoms. The second kappa shape index (κ2) is 5.16. The molecule has 2 aromatic rings. The van der Waals surface area contributed by atoms with E-state index < -0.39 is 0 Å². The van der Waals surface area contributed by atoms with Crippen molar-refractivity contribution in [2.75, 3.05) is 5.73 Å². The molecular weight excluding hydrogens is 281 g/mol. The Bertz CT molecular complexity index is 681. The summed E-state index contributed by atoms with van der Waals surface area (Å²) in [6.07, 6.45) is 0. The summed E-state index contributed by atoms with van der Waals surface area (Å²) in [6.45, 7) is 4.36. The Labute approximate surface area is 122 Å². The summed E-state index contributed by atoms with van der Waals surface area (Å²) in [4.78, 5) is 0. The summed E-state index contributed by atoms with van der Waals surface area (Å²) < 4.78 is 1.89. The van der Waals surface area contributed by atoms with Gasteiger partial charge in [0.2, 0.25) is 0 Å². The molecule has 98 valence electrons. The van der Waals surface area contributed by atoms with Gasteiger partial charge in [0.15, 0.2) is 0 Å². The maximum Gasteiger partial charge on any atom is 0.122 e. The van der Waals surface area contributed by atoms with Crippen molar-refractivity contribution < 1.29 is 0 Å². The van der Waals surface area contributed by atoms with Gasteiger partial charge in [0.1, 0.15) is 11.9 Å². The summed E-state index contributed by atoms with van der Waals surface area (Å²) in [7, 11) is 0. The Balaban J connectivity index is 2.48. The Hall–Kier alpha value is -1.63. The lowest BCUT2D eigenvalue weighted by Crippen LogP contribution is -2.06. The molecule has 0 fully saturated rings. The van der Waals surface area contributed by atoms with Crippen molar-refractivity contribution in [1.82, 2.24) is 4.57 Å². The van der Waals surface area contributed by atoms with Crippen LogP contribution in [-0.2, 0) is 6.54 Å². The van der Waals surface area contributed by atoms with E-state index in [2.05, 4.69) is 6.07 Å². The summed E-state index contributed by atoms with van der Waals surface area (Å²) >= 11 is 12.0. The van der Waals surface area contributed by atoms with Crippen LogP contribution in [0.5, 0.6) is 0 Å². The molecule has 0 bridgehead atoms. The summed E-state index contributed by atoms with van der Waals surface area (Å²) in [5.41, 5.74) is 9.34. The van der Waals surface area contributed by atoms with Gasteiger partial charge in [-0.2, -0.15) is 5.26 Å². The average molecular weight is 294 g/mol. The largest absolute Gasteiger partial charge is 0.384 e. The van der Waals surface area contributed by atoms with E-state index in [1.807, 2.05) is 24.5 Å². The maximum absolute atomic E-state index is 9.11. The third kappa shape index (κ3) is 2.42. The van der Waals surface area contributed by atoms with Crippen LogP contribution in [0.25, 0.3) is 0 Å². The smallest absolute Gasteiger partial charge is 0.122 e. The Morgan fingerprint density at radius 1 is 1.32 bits per heavy atom. The van der Waals surface area contributed by atoms with E-state index in [9.17, 15) is 0 Å². The molecule has 2 rings (SSSR count). The zero-order chi connectivity index (χ0) is 14.2. The van der Waals surface area contributed by atoms with Crippen LogP contribution in [0.2, 0.25) is 10.0 Å². The van der Waals surface area contributed by atoms with Crippen LogP contribution in [0.4, 0.5) is 5.82 Å². The van der Waals surface area contributed by atoms with Gasteiger partial charge in [0.25, 0.3) is 0 Å². The van der Waals surface area contributed by atoms with E-state index in [4.69, 9.17) is 34.2 Å². The Kier molecular flexibility index (Phi) is 3.75. The van der Waals surface area contributed by atoms with Crippen LogP contribution in [0.3, 0.4) is 0 Å². The van der Waals surface area contributed by atoms with Gasteiger partial charge < -0.3 is 10.3 Å². The van der Waals surface area contributed by atoms with Gasteiger partial charge in [-0.1, -0.05) is 29.3 Å². The summed E-state index contributed by atoms with van der Waals surface area (Å²) in [6, 6.07) is 7.49. The molecule has 0 unspecified atom stereocenters. The van der Waals surface area contributed by atoms with Crippen molar-refractivity contribution in [2.24, 2.45) is 0 Å². The first-order chi connectivity index (χ1) is 8.95. The predicted octanol–water partition coefficient (Wildman–Crippen LogP) is 3.91. The third-order valence-corrected chi connectivity index (χ3v) is 3.91. The molecule has 0 aliphatic rings. The highest BCUT2D eigenvalue weighted by Crippen LogP contribution is 2.27. The number of nitriles is 1. The number of hydrogen-bond donors (Lipinski definition) is 1. The van der Waals surface area contributed by atoms with Crippen molar-refractivity contribution in [3.05, 3.63) is 50.6 Å². The molecule has 0 radical (unpaired) electrons. The molecule has 2 N–H and O–H groups in total. The summed E-state index contributed by atoms with van der Waals surface area (Å²) in [5.74, 6) is 0.475. The highest BCUT2D eigenvalue weighted by molar-refractivity contribution is 6.35. The standard InChI is InChI=1S/C14H13Cl2N3/c1-8-9(2)19(14(18)12(8)6-17)7-10-3-4-11(15)5-13(10)16/h3-5H,7,18H2,1-2H3. The number of aromatic nitrogens is 1. The van der Waals surface area contributed by atoms with Gasteiger partial charge in [-0.05, 0) is 37.1 Å². The molecule has 0 saturated carbocycles. The second-order valence-electron chi connectivity index (χ2n) is 4.40. The third-order valence-electron chi connectivity index (χ3n) is 3.32. The van der Waals surface area contributed by atoms with Crippen LogP contribution < -0.4 is 5.73 Å². The van der Waals surface area contributed by atoms with E-state index >= 15 is 0 Å². The van der Waals surface area contributed by atoms with E-state index in [-0.39, 0.29) is 0 Å². The first kappa shape index (κ1) is 13.8. The topological polar surface area (TPSA) is 54.7 Å². The Morgan fingerprint density at radius 2 is 2.00 bits per heavy atom. The number of anilines is 1. The zero-order valence-electron chi connectivity index (χ0n) is 10.7. The van der Waals surface area contributed by atoms with Gasteiger partial charge >= 0.3 is 0 Å². The van der Waals surface area contributed by atoms with Crippen molar-refractivity contribution in [3.8, 4) is 6.07 Å². The lowest BCUT2D eigenvalue weighted by atomic mass is 10.2. The molecule has 1 aromatic carbocycles. The van der Waals surface area contributed by atoms with E-state index in [0.29, 0.717) is 28.0 Å². The number of nitrogens with two attached hydrogens (primary N) is 1. The fourth-order valence-electron chi connectivity index (χ4n) is 2.06. The number of halogens is 2. The number of nitrogen functional groups attached to an aromatic ring is 1. The molecule has 0 spiro atoms. The minimum atomic E-state index is 0.475. The fourth-order valence-corrected chi connectivity index (χ4v) is 2.52. The van der Waals surface area contributed by atoms with E-state index in [0.717, 1.165) is 16.8 Å². The number of nitrogens with zero attached hydrogens (tertiary/aromatic N) is 2.